The fourth-order valence-electron chi connectivity index (χ4n) is 0.711. The Balaban J connectivity index is 2.78. The van der Waals surface area contributed by atoms with Crippen molar-refractivity contribution in [2.75, 3.05) is 0 Å². The number of rotatable bonds is 2. The second-order valence-corrected chi connectivity index (χ2v) is 3.10. The van der Waals surface area contributed by atoms with Crippen molar-refractivity contribution in [1.82, 2.24) is 0 Å². The van der Waals surface area contributed by atoms with Crippen LogP contribution in [-0.2, 0) is 6.42 Å². The van der Waals surface area contributed by atoms with Crippen LogP contribution in [0, 0.1) is 0 Å². The Hall–Kier alpha value is -0.830. The van der Waals surface area contributed by atoms with Gasteiger partial charge >= 0.3 is 0 Å². The first kappa shape index (κ1) is 7.28. The summed E-state index contributed by atoms with van der Waals surface area (Å²) >= 11 is 1.65. The molecule has 0 aliphatic rings. The maximum Gasteiger partial charge on any atom is 0.0833 e. The van der Waals surface area contributed by atoms with Gasteiger partial charge in [0.2, 0.25) is 0 Å². The molecule has 0 bridgehead atoms. The van der Waals surface area contributed by atoms with Crippen LogP contribution in [0.2, 0.25) is 0 Å². The molecule has 0 saturated carbocycles. The number of hydrogen-bond donors (Lipinski definition) is 1. The average molecular weight is 155 g/mol. The van der Waals surface area contributed by atoms with E-state index in [1.807, 2.05) is 12.1 Å². The van der Waals surface area contributed by atoms with E-state index in [2.05, 4.69) is 12.1 Å². The molecule has 1 rings (SSSR count). The van der Waals surface area contributed by atoms with Gasteiger partial charge in [-0.2, -0.15) is 0 Å². The van der Waals surface area contributed by atoms with Crippen LogP contribution in [0.4, 0.5) is 0 Å². The maximum atomic E-state index is 8.18. The van der Waals surface area contributed by atoms with E-state index in [0.717, 1.165) is 11.3 Å². The Morgan fingerprint density at radius 3 is 3.00 bits per heavy atom. The minimum absolute atomic E-state index is 0.999. The van der Waals surface area contributed by atoms with Gasteiger partial charge in [0.15, 0.2) is 0 Å². The third-order valence-electron chi connectivity index (χ3n) is 1.22. The van der Waals surface area contributed by atoms with Gasteiger partial charge in [-0.05, 0) is 18.6 Å². The molecule has 0 fully saturated rings. The average Bonchev–Trinajstić information content (AvgIpc) is 2.37. The lowest BCUT2D eigenvalue weighted by molar-refractivity contribution is 0.322. The van der Waals surface area contributed by atoms with E-state index in [4.69, 9.17) is 5.21 Å². The quantitative estimate of drug-likeness (QED) is 0.396. The van der Waals surface area contributed by atoms with Gasteiger partial charge in [-0.1, -0.05) is 12.1 Å². The second kappa shape index (κ2) is 3.37. The Labute approximate surface area is 63.8 Å². The zero-order valence-corrected chi connectivity index (χ0v) is 6.56. The van der Waals surface area contributed by atoms with Crippen molar-refractivity contribution in [1.29, 1.82) is 0 Å². The molecule has 10 heavy (non-hydrogen) atoms. The van der Waals surface area contributed by atoms with Crippen molar-refractivity contribution in [3.8, 4) is 0 Å². The van der Waals surface area contributed by atoms with Crippen molar-refractivity contribution in [2.24, 2.45) is 5.16 Å². The Bertz CT molecular complexity index is 229. The number of aryl methyl sites for hydroxylation is 1. The van der Waals surface area contributed by atoms with Gasteiger partial charge in [-0.3, -0.25) is 0 Å². The summed E-state index contributed by atoms with van der Waals surface area (Å²) in [5.41, 5.74) is 0. The van der Waals surface area contributed by atoms with E-state index in [0.29, 0.717) is 0 Å². The summed E-state index contributed by atoms with van der Waals surface area (Å²) in [7, 11) is 0. The van der Waals surface area contributed by atoms with E-state index in [1.165, 1.54) is 11.1 Å². The molecule has 0 amide bonds. The van der Waals surface area contributed by atoms with E-state index in [-0.39, 0.29) is 0 Å². The molecule has 0 aromatic carbocycles. The molecule has 3 heteroatoms. The molecule has 2 nitrogen and oxygen atoms in total. The molecule has 1 aromatic rings. The molecule has 0 atom stereocenters. The summed E-state index contributed by atoms with van der Waals surface area (Å²) in [4.78, 5) is 2.31. The summed E-state index contributed by atoms with van der Waals surface area (Å²) in [6.07, 6.45) is 2.49. The van der Waals surface area contributed by atoms with Crippen molar-refractivity contribution >= 4 is 17.6 Å². The predicted octanol–water partition coefficient (Wildman–Crippen LogP) is 2.12. The van der Waals surface area contributed by atoms with Gasteiger partial charge in [0.1, 0.15) is 0 Å². The van der Waals surface area contributed by atoms with Gasteiger partial charge in [0.05, 0.1) is 6.21 Å². The van der Waals surface area contributed by atoms with Crippen LogP contribution in [0.3, 0.4) is 0 Å². The largest absolute Gasteiger partial charge is 0.411 e. The van der Waals surface area contributed by atoms with Crippen molar-refractivity contribution in [3.05, 3.63) is 21.9 Å². The third-order valence-corrected chi connectivity index (χ3v) is 2.38. The zero-order valence-electron chi connectivity index (χ0n) is 5.74. The summed E-state index contributed by atoms with van der Waals surface area (Å²) < 4.78 is 0. The fraction of sp³-hybridized carbons (Fsp3) is 0.286. The molecule has 1 heterocycles. The smallest absolute Gasteiger partial charge is 0.0833 e. The van der Waals surface area contributed by atoms with Crippen LogP contribution >= 0.6 is 11.3 Å². The van der Waals surface area contributed by atoms with Crippen LogP contribution in [0.15, 0.2) is 17.3 Å². The molecule has 54 valence electrons. The number of oxime groups is 1. The van der Waals surface area contributed by atoms with Gasteiger partial charge < -0.3 is 5.21 Å². The molecule has 0 aliphatic heterocycles. The maximum absolute atomic E-state index is 8.18. The minimum Gasteiger partial charge on any atom is -0.411 e. The molecule has 0 radical (unpaired) electrons. The highest BCUT2D eigenvalue weighted by molar-refractivity contribution is 7.13. The van der Waals surface area contributed by atoms with Gasteiger partial charge in [-0.15, -0.1) is 11.3 Å². The third kappa shape index (κ3) is 1.57. The van der Waals surface area contributed by atoms with Gasteiger partial charge in [0, 0.05) is 9.75 Å². The van der Waals surface area contributed by atoms with Crippen molar-refractivity contribution < 1.29 is 5.21 Å². The summed E-state index contributed by atoms with van der Waals surface area (Å²) in [6.45, 7) is 2.10. The van der Waals surface area contributed by atoms with E-state index in [1.54, 1.807) is 11.3 Å². The molecule has 0 aliphatic carbocycles. The normalized spacial score (nSPS) is 10.9. The molecular formula is C7H9NOS. The highest BCUT2D eigenvalue weighted by atomic mass is 32.1. The topological polar surface area (TPSA) is 32.6 Å². The SMILES string of the molecule is CCc1ccc(/C=N\O)s1. The number of nitrogens with zero attached hydrogens (tertiary/aromatic N) is 1. The first-order chi connectivity index (χ1) is 4.86. The van der Waals surface area contributed by atoms with Crippen LogP contribution in [0.25, 0.3) is 0 Å². The van der Waals surface area contributed by atoms with E-state index >= 15 is 0 Å². The lowest BCUT2D eigenvalue weighted by Crippen LogP contribution is -1.68. The van der Waals surface area contributed by atoms with Crippen molar-refractivity contribution in [2.45, 2.75) is 13.3 Å². The van der Waals surface area contributed by atoms with E-state index < -0.39 is 0 Å². The summed E-state index contributed by atoms with van der Waals surface area (Å²) in [5, 5.41) is 11.1. The molecule has 1 aromatic heterocycles. The Kier molecular flexibility index (Phi) is 2.45. The minimum atomic E-state index is 0.999. The first-order valence-corrected chi connectivity index (χ1v) is 3.94. The van der Waals surface area contributed by atoms with Gasteiger partial charge in [0.25, 0.3) is 0 Å². The van der Waals surface area contributed by atoms with Crippen LogP contribution in [0.5, 0.6) is 0 Å². The summed E-state index contributed by atoms with van der Waals surface area (Å²) in [5.74, 6) is 0. The molecule has 1 N–H and O–H groups in total. The molecule has 0 saturated heterocycles. The monoisotopic (exact) mass is 155 g/mol. The zero-order chi connectivity index (χ0) is 7.40. The Morgan fingerprint density at radius 2 is 2.50 bits per heavy atom. The predicted molar refractivity (Wildman–Crippen MR) is 43.1 cm³/mol. The Morgan fingerprint density at radius 1 is 1.70 bits per heavy atom. The van der Waals surface area contributed by atoms with Crippen LogP contribution in [0.1, 0.15) is 16.7 Å². The van der Waals surface area contributed by atoms with Crippen LogP contribution in [-0.4, -0.2) is 11.4 Å². The lowest BCUT2D eigenvalue weighted by atomic mass is 10.4. The highest BCUT2D eigenvalue weighted by Crippen LogP contribution is 2.14. The number of hydrogen-bond acceptors (Lipinski definition) is 3. The summed E-state index contributed by atoms with van der Waals surface area (Å²) in [6, 6.07) is 3.99. The molecule has 0 unspecified atom stereocenters. The van der Waals surface area contributed by atoms with E-state index in [9.17, 15) is 0 Å². The first-order valence-electron chi connectivity index (χ1n) is 3.13. The lowest BCUT2D eigenvalue weighted by Gasteiger charge is -1.81. The fourth-order valence-corrected chi connectivity index (χ4v) is 1.53. The highest BCUT2D eigenvalue weighted by Gasteiger charge is 1.93. The number of thiophene rings is 1. The molecular weight excluding hydrogens is 146 g/mol. The second-order valence-electron chi connectivity index (χ2n) is 1.90. The van der Waals surface area contributed by atoms with Crippen LogP contribution < -0.4 is 0 Å². The van der Waals surface area contributed by atoms with Crippen molar-refractivity contribution in [3.63, 3.8) is 0 Å². The molecule has 0 spiro atoms. The van der Waals surface area contributed by atoms with Gasteiger partial charge in [-0.25, -0.2) is 0 Å². The standard InChI is InChI=1S/C7H9NOS/c1-2-6-3-4-7(10-6)5-8-9/h3-5,9H,2H2,1H3/b8-5-.